The minimum absolute atomic E-state index is 0.0773. The monoisotopic (exact) mass is 424 g/mol. The number of hydrogen-bond donors (Lipinski definition) is 0. The maximum Gasteiger partial charge on any atom is 0.256 e. The summed E-state index contributed by atoms with van der Waals surface area (Å²) in [4.78, 5) is 30.8. The van der Waals surface area contributed by atoms with Crippen LogP contribution in [0.3, 0.4) is 0 Å². The van der Waals surface area contributed by atoms with E-state index in [-0.39, 0.29) is 23.4 Å². The van der Waals surface area contributed by atoms with Gasteiger partial charge in [-0.1, -0.05) is 45.0 Å². The number of hydrogen-bond acceptors (Lipinski definition) is 4. The van der Waals surface area contributed by atoms with E-state index in [2.05, 4.69) is 20.8 Å². The van der Waals surface area contributed by atoms with Gasteiger partial charge in [0.25, 0.3) is 5.91 Å². The molecule has 1 heterocycles. The number of ether oxygens (including phenoxy) is 2. The van der Waals surface area contributed by atoms with E-state index in [1.54, 1.807) is 43.2 Å². The molecular weight excluding hydrogens is 392 g/mol. The van der Waals surface area contributed by atoms with Crippen LogP contribution in [-0.2, 0) is 11.2 Å². The van der Waals surface area contributed by atoms with Crippen molar-refractivity contribution in [3.63, 3.8) is 0 Å². The van der Waals surface area contributed by atoms with Crippen LogP contribution in [0.15, 0.2) is 48.5 Å². The van der Waals surface area contributed by atoms with Crippen molar-refractivity contribution >= 4 is 11.8 Å². The van der Waals surface area contributed by atoms with Crippen molar-refractivity contribution in [3.8, 4) is 11.5 Å². The fourth-order valence-corrected chi connectivity index (χ4v) is 4.61. The molecule has 0 unspecified atom stereocenters. The summed E-state index contributed by atoms with van der Waals surface area (Å²) in [5, 5.41) is 0. The summed E-state index contributed by atoms with van der Waals surface area (Å²) in [5.74, 6) is 0.986. The first-order valence-corrected chi connectivity index (χ1v) is 10.4. The summed E-state index contributed by atoms with van der Waals surface area (Å²) >= 11 is 0. The van der Waals surface area contributed by atoms with E-state index in [1.807, 2.05) is 43.3 Å². The van der Waals surface area contributed by atoms with Crippen LogP contribution in [0.2, 0.25) is 0 Å². The van der Waals surface area contributed by atoms with Gasteiger partial charge < -0.3 is 19.3 Å². The molecule has 6 nitrogen and oxygen atoms in total. The first-order chi connectivity index (χ1) is 14.5. The van der Waals surface area contributed by atoms with Crippen molar-refractivity contribution in [2.24, 2.45) is 5.41 Å². The molecule has 0 radical (unpaired) electrons. The van der Waals surface area contributed by atoms with Crippen LogP contribution in [0.4, 0.5) is 0 Å². The van der Waals surface area contributed by atoms with Crippen LogP contribution in [-0.4, -0.2) is 54.6 Å². The first kappa shape index (κ1) is 22.7. The third kappa shape index (κ3) is 3.99. The Balaban J connectivity index is 2.10. The number of benzene rings is 2. The Kier molecular flexibility index (Phi) is 6.03. The van der Waals surface area contributed by atoms with Crippen molar-refractivity contribution in [2.45, 2.75) is 45.8 Å². The molecular formula is C25H32N2O4. The molecule has 1 fully saturated rings. The van der Waals surface area contributed by atoms with E-state index in [9.17, 15) is 9.59 Å². The minimum Gasteiger partial charge on any atom is -0.493 e. The van der Waals surface area contributed by atoms with Crippen molar-refractivity contribution < 1.29 is 19.1 Å². The van der Waals surface area contributed by atoms with Gasteiger partial charge in [-0.15, -0.1) is 0 Å². The van der Waals surface area contributed by atoms with Gasteiger partial charge in [0.05, 0.1) is 14.2 Å². The highest BCUT2D eigenvalue weighted by atomic mass is 16.5. The molecule has 0 saturated carbocycles. The Morgan fingerprint density at radius 3 is 2.19 bits per heavy atom. The zero-order valence-corrected chi connectivity index (χ0v) is 19.4. The predicted octanol–water partition coefficient (Wildman–Crippen LogP) is 3.99. The third-order valence-electron chi connectivity index (χ3n) is 5.93. The highest BCUT2D eigenvalue weighted by molar-refractivity contribution is 6.01. The lowest BCUT2D eigenvalue weighted by Crippen LogP contribution is -2.56. The standard InChI is InChI=1S/C25H32N2O4/c1-24(2,3)22-26(5)23(29)25(4,27(22)21(28)18-11-9-8-10-12-18)16-17-13-14-19(30-6)20(15-17)31-7/h8-15,22H,16H2,1-7H3/t22-,25-/m1/s1. The van der Waals surface area contributed by atoms with Crippen LogP contribution >= 0.6 is 0 Å². The lowest BCUT2D eigenvalue weighted by molar-refractivity contribution is -0.132. The van der Waals surface area contributed by atoms with Crippen molar-refractivity contribution in [3.05, 3.63) is 59.7 Å². The molecule has 3 rings (SSSR count). The topological polar surface area (TPSA) is 59.1 Å². The van der Waals surface area contributed by atoms with Crippen LogP contribution in [0, 0.1) is 5.41 Å². The number of amides is 2. The maximum absolute atomic E-state index is 13.7. The molecule has 0 spiro atoms. The van der Waals surface area contributed by atoms with Gasteiger partial charge in [-0.2, -0.15) is 0 Å². The van der Waals surface area contributed by atoms with Gasteiger partial charge in [0, 0.05) is 24.4 Å². The Morgan fingerprint density at radius 1 is 1.03 bits per heavy atom. The zero-order valence-electron chi connectivity index (χ0n) is 19.4. The number of methoxy groups -OCH3 is 2. The van der Waals surface area contributed by atoms with E-state index in [4.69, 9.17) is 9.47 Å². The van der Waals surface area contributed by atoms with E-state index >= 15 is 0 Å². The third-order valence-corrected chi connectivity index (χ3v) is 5.93. The second kappa shape index (κ2) is 8.25. The van der Waals surface area contributed by atoms with E-state index in [1.165, 1.54) is 0 Å². The highest BCUT2D eigenvalue weighted by Crippen LogP contribution is 2.42. The van der Waals surface area contributed by atoms with Gasteiger partial charge in [-0.3, -0.25) is 9.59 Å². The molecule has 0 aliphatic carbocycles. The zero-order chi connectivity index (χ0) is 23.0. The number of carbonyl (C=O) groups excluding carboxylic acids is 2. The number of nitrogens with zero attached hydrogens (tertiary/aromatic N) is 2. The van der Waals surface area contributed by atoms with Gasteiger partial charge in [-0.05, 0) is 36.8 Å². The second-order valence-corrected chi connectivity index (χ2v) is 9.34. The summed E-state index contributed by atoms with van der Waals surface area (Å²) in [6, 6.07) is 14.7. The molecule has 1 aliphatic rings. The smallest absolute Gasteiger partial charge is 0.256 e. The van der Waals surface area contributed by atoms with Crippen LogP contribution in [0.25, 0.3) is 0 Å². The molecule has 0 aromatic heterocycles. The molecule has 1 aliphatic heterocycles. The van der Waals surface area contributed by atoms with Gasteiger partial charge >= 0.3 is 0 Å². The van der Waals surface area contributed by atoms with Crippen LogP contribution < -0.4 is 9.47 Å². The van der Waals surface area contributed by atoms with Crippen LogP contribution in [0.5, 0.6) is 11.5 Å². The Hall–Kier alpha value is -3.02. The molecule has 2 atom stereocenters. The first-order valence-electron chi connectivity index (χ1n) is 10.4. The van der Waals surface area contributed by atoms with E-state index < -0.39 is 5.54 Å². The lowest BCUT2D eigenvalue weighted by atomic mass is 9.87. The fourth-order valence-electron chi connectivity index (χ4n) is 4.61. The van der Waals surface area contributed by atoms with Crippen molar-refractivity contribution in [1.82, 2.24) is 9.80 Å². The maximum atomic E-state index is 13.7. The highest BCUT2D eigenvalue weighted by Gasteiger charge is 2.58. The second-order valence-electron chi connectivity index (χ2n) is 9.34. The summed E-state index contributed by atoms with van der Waals surface area (Å²) in [6.45, 7) is 8.01. The largest absolute Gasteiger partial charge is 0.493 e. The minimum atomic E-state index is -1.04. The number of carbonyl (C=O) groups is 2. The van der Waals surface area contributed by atoms with Gasteiger partial charge in [0.1, 0.15) is 11.7 Å². The summed E-state index contributed by atoms with van der Waals surface area (Å²) < 4.78 is 10.8. The molecule has 166 valence electrons. The molecule has 2 aromatic carbocycles. The normalized spacial score (nSPS) is 21.4. The molecule has 2 amide bonds. The molecule has 1 saturated heterocycles. The number of likely N-dealkylation sites (N-methyl/N-ethyl adjacent to an activating group) is 1. The molecule has 6 heteroatoms. The predicted molar refractivity (Wildman–Crippen MR) is 120 cm³/mol. The Morgan fingerprint density at radius 2 is 1.65 bits per heavy atom. The van der Waals surface area contributed by atoms with Gasteiger partial charge in [0.15, 0.2) is 11.5 Å². The van der Waals surface area contributed by atoms with Gasteiger partial charge in [-0.25, -0.2) is 0 Å². The average molecular weight is 425 g/mol. The Bertz CT molecular complexity index is 967. The molecule has 0 bridgehead atoms. The average Bonchev–Trinajstić information content (AvgIpc) is 2.94. The summed E-state index contributed by atoms with van der Waals surface area (Å²) in [6.07, 6.45) is -0.0142. The molecule has 0 N–H and O–H groups in total. The summed E-state index contributed by atoms with van der Waals surface area (Å²) in [7, 11) is 4.95. The number of rotatable bonds is 5. The van der Waals surface area contributed by atoms with Crippen molar-refractivity contribution in [1.29, 1.82) is 0 Å². The molecule has 2 aromatic rings. The van der Waals surface area contributed by atoms with Crippen molar-refractivity contribution in [2.75, 3.05) is 21.3 Å². The van der Waals surface area contributed by atoms with E-state index in [0.29, 0.717) is 23.5 Å². The molecule has 31 heavy (non-hydrogen) atoms. The SMILES string of the molecule is COc1ccc(C[C@]2(C)C(=O)N(C)[C@@H](C(C)(C)C)N2C(=O)c2ccccc2)cc1OC. The quantitative estimate of drug-likeness (QED) is 0.728. The van der Waals surface area contributed by atoms with Gasteiger partial charge in [0.2, 0.25) is 5.91 Å². The lowest BCUT2D eigenvalue weighted by Gasteiger charge is -2.42. The summed E-state index contributed by atoms with van der Waals surface area (Å²) in [5.41, 5.74) is 0.0874. The van der Waals surface area contributed by atoms with E-state index in [0.717, 1.165) is 5.56 Å². The fraction of sp³-hybridized carbons (Fsp3) is 0.440. The Labute approximate surface area is 184 Å². The van der Waals surface area contributed by atoms with Crippen LogP contribution in [0.1, 0.15) is 43.6 Å².